The van der Waals surface area contributed by atoms with E-state index in [-0.39, 0.29) is 5.91 Å². The van der Waals surface area contributed by atoms with E-state index in [1.165, 1.54) is 0 Å². The minimum atomic E-state index is -0.123. The Morgan fingerprint density at radius 3 is 2.10 bits per heavy atom. The van der Waals surface area contributed by atoms with Crippen LogP contribution >= 0.6 is 15.9 Å². The van der Waals surface area contributed by atoms with Gasteiger partial charge in [-0.2, -0.15) is 0 Å². The molecule has 3 N–H and O–H groups in total. The smallest absolute Gasteiger partial charge is 0.256 e. The van der Waals surface area contributed by atoms with Crippen molar-refractivity contribution in [3.05, 3.63) is 56.6 Å². The van der Waals surface area contributed by atoms with E-state index in [4.69, 9.17) is 5.73 Å². The van der Waals surface area contributed by atoms with E-state index in [2.05, 4.69) is 21.2 Å². The number of anilines is 2. The lowest BCUT2D eigenvalue weighted by Gasteiger charge is -2.15. The van der Waals surface area contributed by atoms with Crippen molar-refractivity contribution in [1.29, 1.82) is 0 Å². The largest absolute Gasteiger partial charge is 0.397 e. The van der Waals surface area contributed by atoms with E-state index in [0.717, 1.165) is 26.7 Å². The van der Waals surface area contributed by atoms with Crippen LogP contribution in [0.5, 0.6) is 0 Å². The maximum atomic E-state index is 12.6. The summed E-state index contributed by atoms with van der Waals surface area (Å²) in [5.41, 5.74) is 12.0. The van der Waals surface area contributed by atoms with Crippen LogP contribution in [-0.2, 0) is 0 Å². The number of carbonyl (C=O) groups is 1. The van der Waals surface area contributed by atoms with Crippen LogP contribution in [0.4, 0.5) is 11.4 Å². The normalized spacial score (nSPS) is 10.5. The van der Waals surface area contributed by atoms with Gasteiger partial charge < -0.3 is 11.1 Å². The third kappa shape index (κ3) is 3.27. The number of carbonyl (C=O) groups excluding carboxylic acids is 1. The Hall–Kier alpha value is -1.81. The highest BCUT2D eigenvalue weighted by Crippen LogP contribution is 2.29. The average Bonchev–Trinajstić information content (AvgIpc) is 2.32. The second-order valence-corrected chi connectivity index (χ2v) is 6.33. The number of nitrogens with two attached hydrogens (primary N) is 1. The molecule has 0 unspecified atom stereocenters. The van der Waals surface area contributed by atoms with Crippen molar-refractivity contribution in [1.82, 2.24) is 0 Å². The van der Waals surface area contributed by atoms with Crippen LogP contribution in [0.3, 0.4) is 0 Å². The molecular formula is C17H19BrN2O. The number of hydrogen-bond acceptors (Lipinski definition) is 2. The van der Waals surface area contributed by atoms with Crippen LogP contribution in [0.2, 0.25) is 0 Å². The van der Waals surface area contributed by atoms with Gasteiger partial charge in [-0.25, -0.2) is 0 Å². The Balaban J connectivity index is 2.40. The lowest BCUT2D eigenvalue weighted by atomic mass is 9.99. The number of hydrogen-bond donors (Lipinski definition) is 2. The van der Waals surface area contributed by atoms with Gasteiger partial charge in [0.15, 0.2) is 0 Å². The first kappa shape index (κ1) is 15.6. The molecule has 4 heteroatoms. The molecule has 0 aromatic heterocycles. The third-order valence-corrected chi connectivity index (χ3v) is 3.93. The summed E-state index contributed by atoms with van der Waals surface area (Å²) in [6.45, 7) is 7.85. The summed E-state index contributed by atoms with van der Waals surface area (Å²) in [6, 6.07) is 7.75. The fourth-order valence-corrected chi connectivity index (χ4v) is 3.24. The van der Waals surface area contributed by atoms with E-state index >= 15 is 0 Å². The van der Waals surface area contributed by atoms with Gasteiger partial charge in [0.05, 0.1) is 11.4 Å². The number of halogens is 1. The van der Waals surface area contributed by atoms with Gasteiger partial charge in [0.25, 0.3) is 5.91 Å². The topological polar surface area (TPSA) is 55.1 Å². The monoisotopic (exact) mass is 346 g/mol. The molecule has 0 saturated heterocycles. The van der Waals surface area contributed by atoms with Gasteiger partial charge in [0.1, 0.15) is 0 Å². The number of amides is 1. The third-order valence-electron chi connectivity index (χ3n) is 3.47. The van der Waals surface area contributed by atoms with Gasteiger partial charge in [-0.3, -0.25) is 4.79 Å². The summed E-state index contributed by atoms with van der Waals surface area (Å²) in [7, 11) is 0. The number of rotatable bonds is 2. The molecule has 2 aromatic carbocycles. The number of nitrogens with one attached hydrogen (secondary N) is 1. The fraction of sp³-hybridized carbons (Fsp3) is 0.235. The molecule has 0 atom stereocenters. The van der Waals surface area contributed by atoms with Crippen molar-refractivity contribution in [2.24, 2.45) is 0 Å². The van der Waals surface area contributed by atoms with E-state index in [9.17, 15) is 4.79 Å². The van der Waals surface area contributed by atoms with E-state index in [0.29, 0.717) is 16.9 Å². The Bertz CT molecular complexity index is 677. The summed E-state index contributed by atoms with van der Waals surface area (Å²) < 4.78 is 0.901. The quantitative estimate of drug-likeness (QED) is 0.785. The van der Waals surface area contributed by atoms with Crippen LogP contribution in [0, 0.1) is 27.7 Å². The van der Waals surface area contributed by atoms with Gasteiger partial charge in [0, 0.05) is 10.0 Å². The average molecular weight is 347 g/mol. The van der Waals surface area contributed by atoms with Crippen molar-refractivity contribution >= 4 is 33.2 Å². The van der Waals surface area contributed by atoms with Crippen molar-refractivity contribution in [2.45, 2.75) is 27.7 Å². The molecule has 0 radical (unpaired) electrons. The lowest BCUT2D eigenvalue weighted by Crippen LogP contribution is -2.17. The molecule has 1 amide bonds. The molecule has 0 aliphatic carbocycles. The second kappa shape index (κ2) is 5.90. The number of aryl methyl sites for hydroxylation is 4. The zero-order chi connectivity index (χ0) is 15.7. The molecule has 21 heavy (non-hydrogen) atoms. The van der Waals surface area contributed by atoms with Gasteiger partial charge in [-0.05, 0) is 56.5 Å². The standard InChI is InChI=1S/C17H19BrN2O/c1-9-5-10(2)15(11(3)6-9)17(21)20-16-12(4)7-13(18)8-14(16)19/h5-8H,19H2,1-4H3,(H,20,21). The van der Waals surface area contributed by atoms with Gasteiger partial charge in [-0.1, -0.05) is 33.6 Å². The van der Waals surface area contributed by atoms with Crippen LogP contribution in [0.1, 0.15) is 32.6 Å². The molecule has 3 nitrogen and oxygen atoms in total. The molecule has 110 valence electrons. The van der Waals surface area contributed by atoms with Crippen LogP contribution in [-0.4, -0.2) is 5.91 Å². The zero-order valence-corrected chi connectivity index (χ0v) is 14.3. The summed E-state index contributed by atoms with van der Waals surface area (Å²) in [4.78, 5) is 12.6. The van der Waals surface area contributed by atoms with Crippen LogP contribution < -0.4 is 11.1 Å². The maximum absolute atomic E-state index is 12.6. The van der Waals surface area contributed by atoms with Gasteiger partial charge >= 0.3 is 0 Å². The summed E-state index contributed by atoms with van der Waals surface area (Å²) in [5, 5.41) is 2.94. The van der Waals surface area contributed by atoms with E-state index < -0.39 is 0 Å². The van der Waals surface area contributed by atoms with E-state index in [1.807, 2.05) is 45.9 Å². The van der Waals surface area contributed by atoms with Crippen LogP contribution in [0.25, 0.3) is 0 Å². The van der Waals surface area contributed by atoms with Gasteiger partial charge in [0.2, 0.25) is 0 Å². The first-order valence-electron chi connectivity index (χ1n) is 6.74. The lowest BCUT2D eigenvalue weighted by molar-refractivity contribution is 0.102. The molecule has 2 rings (SSSR count). The first-order valence-corrected chi connectivity index (χ1v) is 7.53. The summed E-state index contributed by atoms with van der Waals surface area (Å²) >= 11 is 3.40. The maximum Gasteiger partial charge on any atom is 0.256 e. The fourth-order valence-electron chi connectivity index (χ4n) is 2.65. The van der Waals surface area contributed by atoms with Gasteiger partial charge in [-0.15, -0.1) is 0 Å². The van der Waals surface area contributed by atoms with E-state index in [1.54, 1.807) is 6.07 Å². The highest BCUT2D eigenvalue weighted by Gasteiger charge is 2.15. The minimum Gasteiger partial charge on any atom is -0.397 e. The van der Waals surface area contributed by atoms with Crippen molar-refractivity contribution in [3.63, 3.8) is 0 Å². The highest BCUT2D eigenvalue weighted by atomic mass is 79.9. The molecule has 0 fully saturated rings. The molecule has 0 aliphatic rings. The zero-order valence-electron chi connectivity index (χ0n) is 12.7. The molecule has 0 spiro atoms. The van der Waals surface area contributed by atoms with Crippen molar-refractivity contribution in [3.8, 4) is 0 Å². The predicted octanol–water partition coefficient (Wildman–Crippen LogP) is 4.52. The Morgan fingerprint density at radius 1 is 1.00 bits per heavy atom. The van der Waals surface area contributed by atoms with Crippen LogP contribution in [0.15, 0.2) is 28.7 Å². The first-order chi connectivity index (χ1) is 9.79. The van der Waals surface area contributed by atoms with Crippen molar-refractivity contribution < 1.29 is 4.79 Å². The Labute approximate surface area is 133 Å². The molecular weight excluding hydrogens is 328 g/mol. The highest BCUT2D eigenvalue weighted by molar-refractivity contribution is 9.10. The number of nitrogen functional groups attached to an aromatic ring is 1. The van der Waals surface area contributed by atoms with Crippen molar-refractivity contribution in [2.75, 3.05) is 11.1 Å². The summed E-state index contributed by atoms with van der Waals surface area (Å²) in [6.07, 6.45) is 0. The molecule has 0 aliphatic heterocycles. The molecule has 2 aromatic rings. The summed E-state index contributed by atoms with van der Waals surface area (Å²) in [5.74, 6) is -0.123. The Kier molecular flexibility index (Phi) is 4.37. The molecule has 0 saturated carbocycles. The molecule has 0 heterocycles. The predicted molar refractivity (Wildman–Crippen MR) is 91.9 cm³/mol. The molecule has 0 bridgehead atoms. The number of benzene rings is 2. The minimum absolute atomic E-state index is 0.123. The Morgan fingerprint density at radius 2 is 1.57 bits per heavy atom. The second-order valence-electron chi connectivity index (χ2n) is 5.41. The SMILES string of the molecule is Cc1cc(C)c(C(=O)Nc2c(C)cc(Br)cc2N)c(C)c1.